The number of unbranched alkanes of at least 4 members (excludes halogenated alkanes) is 1. The van der Waals surface area contributed by atoms with Crippen molar-refractivity contribution in [1.29, 1.82) is 0 Å². The molecule has 17 heavy (non-hydrogen) atoms. The van der Waals surface area contributed by atoms with Gasteiger partial charge in [0, 0.05) is 0 Å². The number of hydrogen-bond donors (Lipinski definition) is 0. The molecule has 0 amide bonds. The van der Waals surface area contributed by atoms with Crippen LogP contribution in [0.2, 0.25) is 24.2 Å². The van der Waals surface area contributed by atoms with Crippen LogP contribution >= 0.6 is 0 Å². The lowest BCUT2D eigenvalue weighted by molar-refractivity contribution is 0.272. The summed E-state index contributed by atoms with van der Waals surface area (Å²) in [4.78, 5) is 9.93. The van der Waals surface area contributed by atoms with Crippen molar-refractivity contribution in [1.82, 2.24) is 0 Å². The van der Waals surface area contributed by atoms with Gasteiger partial charge < -0.3 is 4.74 Å². The molecule has 0 saturated carbocycles. The van der Waals surface area contributed by atoms with Crippen LogP contribution in [0.5, 0.6) is 0 Å². The molecule has 0 aliphatic heterocycles. The Morgan fingerprint density at radius 3 is 1.82 bits per heavy atom. The molecule has 0 aliphatic carbocycles. The van der Waals surface area contributed by atoms with E-state index in [-0.39, 0.29) is 0 Å². The molecular formula is C14H29O2Si. The molecule has 0 aromatic heterocycles. The minimum Gasteiger partial charge on any atom is -0.457 e. The van der Waals surface area contributed by atoms with Gasteiger partial charge in [0.05, 0.1) is 14.7 Å². The van der Waals surface area contributed by atoms with E-state index in [0.29, 0.717) is 6.61 Å². The Bertz CT molecular complexity index is 166. The fraction of sp³-hybridized carbons (Fsp3) is 0.929. The fourth-order valence-corrected chi connectivity index (χ4v) is 8.74. The standard InChI is InChI=1S/C14H29O2Si/c1-4-10-17(11-5-2,12-6-3)13-8-7-9-16-14-15/h4-13H2,1-3H3. The highest BCUT2D eigenvalue weighted by Gasteiger charge is 2.28. The average molecular weight is 257 g/mol. The van der Waals surface area contributed by atoms with Crippen LogP contribution in [0.3, 0.4) is 0 Å². The van der Waals surface area contributed by atoms with Crippen LogP contribution in [-0.2, 0) is 9.53 Å². The van der Waals surface area contributed by atoms with Crippen LogP contribution in [-0.4, -0.2) is 21.2 Å². The predicted octanol–water partition coefficient (Wildman–Crippen LogP) is 4.53. The molecule has 2 nitrogen and oxygen atoms in total. The van der Waals surface area contributed by atoms with E-state index in [1.165, 1.54) is 56.3 Å². The van der Waals surface area contributed by atoms with Gasteiger partial charge in [-0.05, 0) is 6.42 Å². The third kappa shape index (κ3) is 7.58. The molecule has 0 aliphatic rings. The number of hydrogen-bond acceptors (Lipinski definition) is 2. The molecule has 0 aromatic carbocycles. The molecule has 101 valence electrons. The van der Waals surface area contributed by atoms with Crippen molar-refractivity contribution in [2.75, 3.05) is 6.61 Å². The Morgan fingerprint density at radius 1 is 0.882 bits per heavy atom. The lowest BCUT2D eigenvalue weighted by Crippen LogP contribution is -2.33. The van der Waals surface area contributed by atoms with Gasteiger partial charge in [0.15, 0.2) is 0 Å². The number of ether oxygens (including phenoxy) is 1. The summed E-state index contributed by atoms with van der Waals surface area (Å²) >= 11 is 0. The summed E-state index contributed by atoms with van der Waals surface area (Å²) in [7, 11) is -1.01. The summed E-state index contributed by atoms with van der Waals surface area (Å²) < 4.78 is 4.64. The first kappa shape index (κ1) is 16.7. The summed E-state index contributed by atoms with van der Waals surface area (Å²) in [6.45, 7) is 9.01. The van der Waals surface area contributed by atoms with E-state index in [0.717, 1.165) is 6.42 Å². The Hall–Kier alpha value is -0.313. The van der Waals surface area contributed by atoms with Crippen molar-refractivity contribution in [3.05, 3.63) is 0 Å². The van der Waals surface area contributed by atoms with Gasteiger partial charge >= 0.3 is 6.47 Å². The fourth-order valence-electron chi connectivity index (χ4n) is 3.06. The Labute approximate surface area is 108 Å². The van der Waals surface area contributed by atoms with Gasteiger partial charge in [0.1, 0.15) is 0 Å². The normalized spacial score (nSPS) is 11.5. The highest BCUT2D eigenvalue weighted by molar-refractivity contribution is 6.79. The zero-order chi connectivity index (χ0) is 13.0. The zero-order valence-corrected chi connectivity index (χ0v) is 12.9. The van der Waals surface area contributed by atoms with Crippen LogP contribution in [0, 0.1) is 0 Å². The maximum Gasteiger partial charge on any atom is 0.417 e. The van der Waals surface area contributed by atoms with Crippen LogP contribution in [0.25, 0.3) is 0 Å². The molecule has 0 spiro atoms. The average Bonchev–Trinajstić information content (AvgIpc) is 2.30. The summed E-state index contributed by atoms with van der Waals surface area (Å²) in [6, 6.07) is 5.87. The SMILES string of the molecule is CCC[Si](CCC)(CCC)CCCCO[C]=O. The molecule has 0 saturated heterocycles. The van der Waals surface area contributed by atoms with Crippen molar-refractivity contribution >= 4 is 14.5 Å². The lowest BCUT2D eigenvalue weighted by Gasteiger charge is -2.31. The van der Waals surface area contributed by atoms with Crippen LogP contribution in [0.1, 0.15) is 52.9 Å². The van der Waals surface area contributed by atoms with Gasteiger partial charge in [0.2, 0.25) is 0 Å². The van der Waals surface area contributed by atoms with Gasteiger partial charge in [0.25, 0.3) is 0 Å². The Kier molecular flexibility index (Phi) is 10.6. The quantitative estimate of drug-likeness (QED) is 0.379. The lowest BCUT2D eigenvalue weighted by atomic mass is 10.4. The predicted molar refractivity (Wildman–Crippen MR) is 76.7 cm³/mol. The summed E-state index contributed by atoms with van der Waals surface area (Å²) in [5, 5.41) is 0. The van der Waals surface area contributed by atoms with E-state index in [1.54, 1.807) is 0 Å². The monoisotopic (exact) mass is 257 g/mol. The first-order valence-corrected chi connectivity index (χ1v) is 10.1. The molecule has 0 unspecified atom stereocenters. The van der Waals surface area contributed by atoms with E-state index >= 15 is 0 Å². The minimum absolute atomic E-state index is 0.554. The molecule has 0 aromatic rings. The van der Waals surface area contributed by atoms with Gasteiger partial charge in [-0.3, -0.25) is 0 Å². The maximum atomic E-state index is 9.93. The molecule has 0 N–H and O–H groups in total. The zero-order valence-electron chi connectivity index (χ0n) is 11.9. The van der Waals surface area contributed by atoms with Gasteiger partial charge in [-0.15, -0.1) is 0 Å². The third-order valence-electron chi connectivity index (χ3n) is 3.60. The molecule has 0 rings (SSSR count). The smallest absolute Gasteiger partial charge is 0.417 e. The van der Waals surface area contributed by atoms with E-state index in [4.69, 9.17) is 0 Å². The first-order chi connectivity index (χ1) is 8.24. The third-order valence-corrected chi connectivity index (χ3v) is 9.70. The van der Waals surface area contributed by atoms with Crippen molar-refractivity contribution in [3.8, 4) is 0 Å². The summed E-state index contributed by atoms with van der Waals surface area (Å²) in [6.07, 6.45) is 6.26. The van der Waals surface area contributed by atoms with Gasteiger partial charge in [-0.1, -0.05) is 70.6 Å². The van der Waals surface area contributed by atoms with E-state index < -0.39 is 8.07 Å². The van der Waals surface area contributed by atoms with E-state index in [2.05, 4.69) is 25.5 Å². The molecule has 0 heterocycles. The van der Waals surface area contributed by atoms with Gasteiger partial charge in [-0.2, -0.15) is 0 Å². The molecule has 3 heteroatoms. The van der Waals surface area contributed by atoms with E-state index in [9.17, 15) is 4.79 Å². The topological polar surface area (TPSA) is 26.3 Å². The number of rotatable bonds is 12. The largest absolute Gasteiger partial charge is 0.457 e. The Morgan fingerprint density at radius 2 is 1.41 bits per heavy atom. The minimum atomic E-state index is -1.01. The first-order valence-electron chi connectivity index (χ1n) is 7.23. The van der Waals surface area contributed by atoms with Crippen molar-refractivity contribution in [2.45, 2.75) is 77.1 Å². The van der Waals surface area contributed by atoms with E-state index in [1.807, 2.05) is 0 Å². The highest BCUT2D eigenvalue weighted by atomic mass is 28.3. The van der Waals surface area contributed by atoms with Crippen molar-refractivity contribution in [2.24, 2.45) is 0 Å². The van der Waals surface area contributed by atoms with Crippen molar-refractivity contribution in [3.63, 3.8) is 0 Å². The van der Waals surface area contributed by atoms with Crippen LogP contribution in [0.15, 0.2) is 0 Å². The second-order valence-electron chi connectivity index (χ2n) is 5.14. The molecule has 0 fully saturated rings. The summed E-state index contributed by atoms with van der Waals surface area (Å²) in [5.74, 6) is 0. The molecule has 0 bridgehead atoms. The van der Waals surface area contributed by atoms with Crippen molar-refractivity contribution < 1.29 is 9.53 Å². The second-order valence-corrected chi connectivity index (χ2v) is 10.1. The highest BCUT2D eigenvalue weighted by Crippen LogP contribution is 2.31. The van der Waals surface area contributed by atoms with Gasteiger partial charge in [-0.25, -0.2) is 4.79 Å². The van der Waals surface area contributed by atoms with Crippen LogP contribution in [0.4, 0.5) is 0 Å². The number of carbonyl (C=O) groups excluding carboxylic acids is 1. The van der Waals surface area contributed by atoms with Crippen LogP contribution < -0.4 is 0 Å². The molecular weight excluding hydrogens is 228 g/mol. The summed E-state index contributed by atoms with van der Waals surface area (Å²) in [5.41, 5.74) is 0. The molecule has 1 radical (unpaired) electrons. The second kappa shape index (κ2) is 10.8. The Balaban J connectivity index is 4.08. The molecule has 0 atom stereocenters. The maximum absolute atomic E-state index is 9.93.